The number of aliphatic hydroxyl groups excluding tert-OH is 2. The van der Waals surface area contributed by atoms with Gasteiger partial charge in [0.05, 0.1) is 6.10 Å². The number of carbonyl (C=O) groups is 2. The Kier molecular flexibility index (Phi) is 4.52. The van der Waals surface area contributed by atoms with Gasteiger partial charge in [-0.1, -0.05) is 48.1 Å². The number of halogens is 1. The number of fused-ring (bicyclic) bond motifs is 5. The van der Waals surface area contributed by atoms with Crippen molar-refractivity contribution in [3.05, 3.63) is 23.8 Å². The highest BCUT2D eigenvalue weighted by molar-refractivity contribution is 14.1. The van der Waals surface area contributed by atoms with Crippen LogP contribution in [0.5, 0.6) is 0 Å². The molecule has 0 spiro atoms. The van der Waals surface area contributed by atoms with E-state index in [-0.39, 0.29) is 38.2 Å². The summed E-state index contributed by atoms with van der Waals surface area (Å²) in [6.45, 7) is 3.91. The van der Waals surface area contributed by atoms with Crippen LogP contribution in [-0.2, 0) is 9.59 Å². The van der Waals surface area contributed by atoms with Crippen LogP contribution in [0, 0.1) is 34.5 Å². The topological polar surface area (TPSA) is 74.6 Å². The van der Waals surface area contributed by atoms with Crippen molar-refractivity contribution in [2.45, 2.75) is 49.6 Å². The molecular weight excluding hydrogens is 443 g/mol. The van der Waals surface area contributed by atoms with Crippen LogP contribution < -0.4 is 0 Å². The van der Waals surface area contributed by atoms with Gasteiger partial charge < -0.3 is 10.2 Å². The highest BCUT2D eigenvalue weighted by Gasteiger charge is 2.64. The van der Waals surface area contributed by atoms with Crippen molar-refractivity contribution in [1.82, 2.24) is 0 Å². The van der Waals surface area contributed by atoms with Gasteiger partial charge in [0, 0.05) is 21.2 Å². The molecule has 4 aliphatic rings. The zero-order chi connectivity index (χ0) is 18.9. The van der Waals surface area contributed by atoms with Gasteiger partial charge in [-0.15, -0.1) is 0 Å². The zero-order valence-corrected chi connectivity index (χ0v) is 17.5. The lowest BCUT2D eigenvalue weighted by Crippen LogP contribution is -2.56. The molecule has 6 unspecified atom stereocenters. The van der Waals surface area contributed by atoms with Crippen molar-refractivity contribution in [1.29, 1.82) is 0 Å². The van der Waals surface area contributed by atoms with Crippen molar-refractivity contribution < 1.29 is 19.8 Å². The second kappa shape index (κ2) is 6.24. The molecule has 4 aliphatic carbocycles. The van der Waals surface area contributed by atoms with Crippen molar-refractivity contribution in [2.24, 2.45) is 34.5 Å². The third-order valence-electron chi connectivity index (χ3n) is 7.98. The maximum Gasteiger partial charge on any atom is 0.178 e. The second-order valence-corrected chi connectivity index (χ2v) is 10.8. The number of ketones is 2. The average molecular weight is 470 g/mol. The summed E-state index contributed by atoms with van der Waals surface area (Å²) >= 11 is 2.38. The van der Waals surface area contributed by atoms with Crippen LogP contribution in [0.3, 0.4) is 0 Å². The van der Waals surface area contributed by atoms with Crippen molar-refractivity contribution in [3.63, 3.8) is 0 Å². The number of carbonyl (C=O) groups excluding carboxylic acids is 2. The van der Waals surface area contributed by atoms with Crippen LogP contribution in [0.25, 0.3) is 0 Å². The van der Waals surface area contributed by atoms with E-state index in [1.807, 2.05) is 6.08 Å². The SMILES string of the molecule is CC12C=CC(=O)C=C1CCC1C2[C@@H](O)CC2(C)C1C[C@@H](I)C2C(=O)CO. The molecule has 142 valence electrons. The number of Topliss-reactive ketones (excluding diaryl/α,β-unsaturated/α-hetero) is 1. The van der Waals surface area contributed by atoms with Gasteiger partial charge in [-0.05, 0) is 55.1 Å². The first-order valence-electron chi connectivity index (χ1n) is 9.62. The van der Waals surface area contributed by atoms with Crippen LogP contribution in [0.15, 0.2) is 23.8 Å². The van der Waals surface area contributed by atoms with E-state index >= 15 is 0 Å². The first kappa shape index (κ1) is 18.8. The quantitative estimate of drug-likeness (QED) is 0.481. The molecule has 8 atom stereocenters. The van der Waals surface area contributed by atoms with Crippen molar-refractivity contribution in [2.75, 3.05) is 6.61 Å². The second-order valence-electron chi connectivity index (χ2n) is 9.15. The monoisotopic (exact) mass is 470 g/mol. The number of allylic oxidation sites excluding steroid dienone is 4. The van der Waals surface area contributed by atoms with Gasteiger partial charge >= 0.3 is 0 Å². The third-order valence-corrected chi connectivity index (χ3v) is 9.21. The lowest BCUT2D eigenvalue weighted by atomic mass is 9.46. The largest absolute Gasteiger partial charge is 0.393 e. The van der Waals surface area contributed by atoms with Gasteiger partial charge in [-0.2, -0.15) is 0 Å². The average Bonchev–Trinajstić information content (AvgIpc) is 2.84. The molecule has 0 radical (unpaired) electrons. The molecule has 0 aromatic carbocycles. The Labute approximate surface area is 168 Å². The van der Waals surface area contributed by atoms with Crippen LogP contribution in [0.1, 0.15) is 39.5 Å². The van der Waals surface area contributed by atoms with Gasteiger partial charge in [0.15, 0.2) is 11.6 Å². The predicted molar refractivity (Wildman–Crippen MR) is 107 cm³/mol. The molecule has 26 heavy (non-hydrogen) atoms. The number of rotatable bonds is 2. The molecule has 0 bridgehead atoms. The summed E-state index contributed by atoms with van der Waals surface area (Å²) in [5, 5.41) is 20.7. The highest BCUT2D eigenvalue weighted by atomic mass is 127. The summed E-state index contributed by atoms with van der Waals surface area (Å²) in [5.74, 6) is 0.609. The van der Waals surface area contributed by atoms with Gasteiger partial charge in [0.1, 0.15) is 6.61 Å². The molecule has 5 heteroatoms. The van der Waals surface area contributed by atoms with E-state index in [0.717, 1.165) is 24.8 Å². The van der Waals surface area contributed by atoms with Crippen LogP contribution in [0.4, 0.5) is 0 Å². The highest BCUT2D eigenvalue weighted by Crippen LogP contribution is 2.66. The minimum absolute atomic E-state index is 0.0489. The molecule has 0 aromatic rings. The molecule has 3 fully saturated rings. The standard InChI is InChI=1S/C21H27IO4/c1-20-6-5-12(24)7-11(20)3-4-13-14-8-15(22)19(17(26)10-23)21(14,2)9-16(25)18(13)20/h5-7,13-16,18-19,23,25H,3-4,8-10H2,1-2H3/t13?,14?,15-,16+,18?,19?,20?,21?/m1/s1. The Morgan fingerprint density at radius 3 is 2.81 bits per heavy atom. The Morgan fingerprint density at radius 1 is 1.38 bits per heavy atom. The molecular formula is C21H27IO4. The minimum Gasteiger partial charge on any atom is -0.393 e. The smallest absolute Gasteiger partial charge is 0.178 e. The minimum atomic E-state index is -0.497. The fraction of sp³-hybridized carbons (Fsp3) is 0.714. The lowest BCUT2D eigenvalue weighted by Gasteiger charge is -2.58. The van der Waals surface area contributed by atoms with Crippen molar-refractivity contribution in [3.8, 4) is 0 Å². The van der Waals surface area contributed by atoms with Gasteiger partial charge in [-0.25, -0.2) is 0 Å². The molecule has 0 aromatic heterocycles. The normalized spacial score (nSPS) is 49.9. The lowest BCUT2D eigenvalue weighted by molar-refractivity contribution is -0.141. The number of aliphatic hydroxyl groups is 2. The predicted octanol–water partition coefficient (Wildman–Crippen LogP) is 2.86. The molecule has 4 rings (SSSR count). The van der Waals surface area contributed by atoms with E-state index in [4.69, 9.17) is 0 Å². The van der Waals surface area contributed by atoms with Gasteiger partial charge in [-0.3, -0.25) is 9.59 Å². The summed E-state index contributed by atoms with van der Waals surface area (Å²) < 4.78 is 0.210. The summed E-state index contributed by atoms with van der Waals surface area (Å²) in [7, 11) is 0. The first-order chi connectivity index (χ1) is 12.2. The van der Waals surface area contributed by atoms with E-state index in [1.54, 1.807) is 12.2 Å². The fourth-order valence-electron chi connectivity index (χ4n) is 6.97. The van der Waals surface area contributed by atoms with E-state index in [0.29, 0.717) is 18.3 Å². The zero-order valence-electron chi connectivity index (χ0n) is 15.3. The van der Waals surface area contributed by atoms with Crippen molar-refractivity contribution >= 4 is 34.2 Å². The van der Waals surface area contributed by atoms with E-state index in [2.05, 4.69) is 36.4 Å². The summed E-state index contributed by atoms with van der Waals surface area (Å²) in [6, 6.07) is 0. The van der Waals surface area contributed by atoms with E-state index in [1.165, 1.54) is 0 Å². The molecule has 0 aliphatic heterocycles. The maximum atomic E-state index is 12.5. The van der Waals surface area contributed by atoms with Crippen LogP contribution >= 0.6 is 22.6 Å². The Morgan fingerprint density at radius 2 is 2.12 bits per heavy atom. The van der Waals surface area contributed by atoms with Crippen LogP contribution in [-0.4, -0.2) is 38.4 Å². The first-order valence-corrected chi connectivity index (χ1v) is 10.9. The number of hydrogen-bond donors (Lipinski definition) is 2. The maximum absolute atomic E-state index is 12.5. The van der Waals surface area contributed by atoms with Gasteiger partial charge in [0.2, 0.25) is 0 Å². The van der Waals surface area contributed by atoms with E-state index < -0.39 is 12.7 Å². The summed E-state index contributed by atoms with van der Waals surface area (Å²) in [6.07, 6.45) is 8.36. The molecule has 0 amide bonds. The molecule has 0 heterocycles. The number of alkyl halides is 1. The Bertz CT molecular complexity index is 713. The Hall–Kier alpha value is -0.530. The molecule has 4 nitrogen and oxygen atoms in total. The number of hydrogen-bond acceptors (Lipinski definition) is 4. The summed E-state index contributed by atoms with van der Waals surface area (Å²) in [5.41, 5.74) is 0.635. The summed E-state index contributed by atoms with van der Waals surface area (Å²) in [4.78, 5) is 24.3. The molecule has 3 saturated carbocycles. The van der Waals surface area contributed by atoms with Crippen LogP contribution in [0.2, 0.25) is 0 Å². The Balaban J connectivity index is 1.74. The third kappa shape index (κ3) is 2.46. The van der Waals surface area contributed by atoms with Gasteiger partial charge in [0.25, 0.3) is 0 Å². The molecule has 2 N–H and O–H groups in total. The molecule has 0 saturated heterocycles. The van der Waals surface area contributed by atoms with E-state index in [9.17, 15) is 19.8 Å². The fourth-order valence-corrected chi connectivity index (χ4v) is 8.74.